The van der Waals surface area contributed by atoms with Crippen molar-refractivity contribution in [2.45, 2.75) is 0 Å². The van der Waals surface area contributed by atoms with Crippen molar-refractivity contribution in [3.63, 3.8) is 0 Å². The molecule has 59 heavy (non-hydrogen) atoms. The first-order valence-corrected chi connectivity index (χ1v) is 20.1. The monoisotopic (exact) mass is 748 g/mol. The van der Waals surface area contributed by atoms with Gasteiger partial charge in [-0.2, -0.15) is 5.26 Å². The highest BCUT2D eigenvalue weighted by atomic mass is 15.1. The van der Waals surface area contributed by atoms with E-state index in [1.54, 1.807) is 0 Å². The quantitative estimate of drug-likeness (QED) is 0.162. The van der Waals surface area contributed by atoms with E-state index in [1.165, 1.54) is 77.2 Å². The minimum atomic E-state index is 0.650. The van der Waals surface area contributed by atoms with E-state index in [2.05, 4.69) is 211 Å². The molecule has 0 unspecified atom stereocenters. The largest absolute Gasteiger partial charge is 0.310 e. The Labute approximate surface area is 344 Å². The van der Waals surface area contributed by atoms with Crippen molar-refractivity contribution in [3.8, 4) is 72.8 Å². The Kier molecular flexibility index (Phi) is 8.24. The summed E-state index contributed by atoms with van der Waals surface area (Å²) in [5.41, 5.74) is 18.5. The van der Waals surface area contributed by atoms with Crippen LogP contribution in [0.25, 0.3) is 88.3 Å². The van der Waals surface area contributed by atoms with E-state index in [0.29, 0.717) is 5.56 Å². The van der Waals surface area contributed by atoms with Crippen molar-refractivity contribution in [3.05, 3.63) is 224 Å². The molecular weight excluding hydrogens is 713 g/mol. The zero-order valence-corrected chi connectivity index (χ0v) is 32.2. The number of anilines is 3. The summed E-state index contributed by atoms with van der Waals surface area (Å²) in [6.45, 7) is 0. The van der Waals surface area contributed by atoms with Crippen LogP contribution in [0.15, 0.2) is 218 Å². The maximum atomic E-state index is 9.57. The first-order valence-electron chi connectivity index (χ1n) is 20.1. The van der Waals surface area contributed by atoms with Crippen molar-refractivity contribution < 1.29 is 0 Å². The summed E-state index contributed by atoms with van der Waals surface area (Å²) in [5.74, 6) is 0. The summed E-state index contributed by atoms with van der Waals surface area (Å²) in [7, 11) is 0. The second kappa shape index (κ2) is 14.2. The van der Waals surface area contributed by atoms with Gasteiger partial charge in [0.25, 0.3) is 0 Å². The minimum absolute atomic E-state index is 0.650. The van der Waals surface area contributed by atoms with Gasteiger partial charge in [-0.15, -0.1) is 0 Å². The highest BCUT2D eigenvalue weighted by molar-refractivity contribution is 6.28. The Morgan fingerprint density at radius 3 is 1.42 bits per heavy atom. The molecule has 0 saturated carbocycles. The van der Waals surface area contributed by atoms with E-state index in [0.717, 1.165) is 28.2 Å². The molecule has 0 radical (unpaired) electrons. The van der Waals surface area contributed by atoms with E-state index in [1.807, 2.05) is 18.2 Å². The smallest absolute Gasteiger partial charge is 0.0991 e. The molecule has 11 rings (SSSR count). The van der Waals surface area contributed by atoms with Gasteiger partial charge in [0.05, 0.1) is 11.6 Å². The number of hydrogen-bond acceptors (Lipinski definition) is 2. The summed E-state index contributed by atoms with van der Waals surface area (Å²) in [5, 5.41) is 14.7. The molecule has 0 heterocycles. The number of benzene rings is 10. The van der Waals surface area contributed by atoms with Crippen LogP contribution in [-0.2, 0) is 0 Å². The van der Waals surface area contributed by atoms with Crippen LogP contribution < -0.4 is 4.90 Å². The fraction of sp³-hybridized carbons (Fsp3) is 0. The van der Waals surface area contributed by atoms with Crippen LogP contribution in [0.1, 0.15) is 5.56 Å². The van der Waals surface area contributed by atoms with E-state index in [4.69, 9.17) is 0 Å². The first kappa shape index (κ1) is 34.3. The number of fused-ring (bicyclic) bond motifs is 4. The van der Waals surface area contributed by atoms with Crippen molar-refractivity contribution >= 4 is 38.6 Å². The maximum absolute atomic E-state index is 9.57. The van der Waals surface area contributed by atoms with E-state index < -0.39 is 0 Å². The SMILES string of the molecule is N#Cc1cccc(-c2cccc(N(c3ccccc3)c3ccc(-c4ccc5c6c(cccc46)-c4c-5c(-c5ccccc5)c5ccccc5c4-c4ccccc4)cc3)c2)c1. The van der Waals surface area contributed by atoms with Crippen molar-refractivity contribution in [1.82, 2.24) is 0 Å². The second-order valence-electron chi connectivity index (χ2n) is 15.1. The van der Waals surface area contributed by atoms with Gasteiger partial charge >= 0.3 is 0 Å². The predicted molar refractivity (Wildman–Crippen MR) is 247 cm³/mol. The van der Waals surface area contributed by atoms with Gasteiger partial charge in [-0.25, -0.2) is 0 Å². The third kappa shape index (κ3) is 5.72. The standard InChI is InChI=1S/C57H36N2/c58-37-38-15-12-20-42(35-38)43-21-13-24-46(36-43)59(44-22-8-3-9-23-44)45-31-29-39(30-32-45)47-33-34-52-55-48(47)27-14-28-51(55)56-53(40-16-4-1-5-17-40)49-25-10-11-26-50(49)54(57(52)56)41-18-6-2-7-19-41/h1-36H. The van der Waals surface area contributed by atoms with Crippen LogP contribution in [0, 0.1) is 11.3 Å². The van der Waals surface area contributed by atoms with Gasteiger partial charge in [0, 0.05) is 17.1 Å². The summed E-state index contributed by atoms with van der Waals surface area (Å²) < 4.78 is 0. The van der Waals surface area contributed by atoms with Gasteiger partial charge in [-0.3, -0.25) is 0 Å². The lowest BCUT2D eigenvalue weighted by Gasteiger charge is -2.26. The van der Waals surface area contributed by atoms with Crippen LogP contribution in [0.5, 0.6) is 0 Å². The molecule has 274 valence electrons. The molecule has 0 N–H and O–H groups in total. The number of para-hydroxylation sites is 1. The maximum Gasteiger partial charge on any atom is 0.0991 e. The fourth-order valence-corrected chi connectivity index (χ4v) is 9.27. The molecule has 0 aromatic heterocycles. The number of nitriles is 1. The molecule has 0 aliphatic heterocycles. The van der Waals surface area contributed by atoms with Gasteiger partial charge in [-0.1, -0.05) is 170 Å². The predicted octanol–water partition coefficient (Wildman–Crippen LogP) is 15.6. The van der Waals surface area contributed by atoms with Crippen molar-refractivity contribution in [1.29, 1.82) is 5.26 Å². The van der Waals surface area contributed by atoms with E-state index in [9.17, 15) is 5.26 Å². The Bertz CT molecular complexity index is 3160. The zero-order chi connectivity index (χ0) is 39.3. The second-order valence-corrected chi connectivity index (χ2v) is 15.1. The average Bonchev–Trinajstić information content (AvgIpc) is 3.64. The molecule has 2 heteroatoms. The van der Waals surface area contributed by atoms with Crippen molar-refractivity contribution in [2.24, 2.45) is 0 Å². The average molecular weight is 749 g/mol. The molecule has 1 aliphatic carbocycles. The Balaban J connectivity index is 1.07. The molecule has 0 bridgehead atoms. The number of nitrogens with zero attached hydrogens (tertiary/aromatic N) is 2. The van der Waals surface area contributed by atoms with Crippen LogP contribution in [0.3, 0.4) is 0 Å². The molecule has 0 saturated heterocycles. The summed E-state index contributed by atoms with van der Waals surface area (Å²) in [6.07, 6.45) is 0. The molecule has 0 fully saturated rings. The molecular formula is C57H36N2. The normalized spacial score (nSPS) is 11.4. The van der Waals surface area contributed by atoms with Crippen LogP contribution in [-0.4, -0.2) is 0 Å². The molecule has 2 nitrogen and oxygen atoms in total. The van der Waals surface area contributed by atoms with E-state index in [-0.39, 0.29) is 0 Å². The number of hydrogen-bond donors (Lipinski definition) is 0. The molecule has 0 amide bonds. The van der Waals surface area contributed by atoms with Gasteiger partial charge in [0.1, 0.15) is 0 Å². The minimum Gasteiger partial charge on any atom is -0.310 e. The molecule has 10 aromatic carbocycles. The van der Waals surface area contributed by atoms with Crippen LogP contribution in [0.4, 0.5) is 17.1 Å². The van der Waals surface area contributed by atoms with E-state index >= 15 is 0 Å². The topological polar surface area (TPSA) is 27.0 Å². The van der Waals surface area contributed by atoms with Gasteiger partial charge in [-0.05, 0) is 137 Å². The summed E-state index contributed by atoms with van der Waals surface area (Å²) in [4.78, 5) is 2.30. The summed E-state index contributed by atoms with van der Waals surface area (Å²) >= 11 is 0. The highest BCUT2D eigenvalue weighted by Crippen LogP contribution is 2.58. The zero-order valence-electron chi connectivity index (χ0n) is 32.2. The lowest BCUT2D eigenvalue weighted by molar-refractivity contribution is 1.28. The molecule has 0 atom stereocenters. The molecule has 10 aromatic rings. The highest BCUT2D eigenvalue weighted by Gasteiger charge is 2.31. The Hall–Kier alpha value is -7.99. The third-order valence-corrected chi connectivity index (χ3v) is 11.8. The fourth-order valence-electron chi connectivity index (χ4n) is 9.27. The lowest BCUT2D eigenvalue weighted by atomic mass is 9.82. The Morgan fingerprint density at radius 1 is 0.305 bits per heavy atom. The molecule has 0 spiro atoms. The third-order valence-electron chi connectivity index (χ3n) is 11.8. The molecule has 1 aliphatic rings. The first-order chi connectivity index (χ1) is 29.2. The van der Waals surface area contributed by atoms with Crippen LogP contribution in [0.2, 0.25) is 0 Å². The van der Waals surface area contributed by atoms with Gasteiger partial charge < -0.3 is 4.90 Å². The lowest BCUT2D eigenvalue weighted by Crippen LogP contribution is -2.09. The Morgan fingerprint density at radius 2 is 0.780 bits per heavy atom. The van der Waals surface area contributed by atoms with Crippen LogP contribution >= 0.6 is 0 Å². The van der Waals surface area contributed by atoms with Gasteiger partial charge in [0.2, 0.25) is 0 Å². The number of rotatable bonds is 7. The van der Waals surface area contributed by atoms with Crippen molar-refractivity contribution in [2.75, 3.05) is 4.90 Å². The van der Waals surface area contributed by atoms with Gasteiger partial charge in [0.15, 0.2) is 0 Å². The summed E-state index contributed by atoms with van der Waals surface area (Å²) in [6, 6.07) is 80.4.